The van der Waals surface area contributed by atoms with Gasteiger partial charge in [0.25, 0.3) is 5.91 Å². The average Bonchev–Trinajstić information content (AvgIpc) is 2.68. The zero-order valence-electron chi connectivity index (χ0n) is 15.6. The summed E-state index contributed by atoms with van der Waals surface area (Å²) in [5.41, 5.74) is 2.20. The lowest BCUT2D eigenvalue weighted by Gasteiger charge is -2.29. The monoisotopic (exact) mass is 445 g/mol. The molecule has 3 rings (SSSR count). The molecule has 0 bridgehead atoms. The fourth-order valence-electron chi connectivity index (χ4n) is 2.99. The molecule has 1 aliphatic rings. The van der Waals surface area contributed by atoms with Crippen molar-refractivity contribution in [1.82, 2.24) is 10.6 Å². The lowest BCUT2D eigenvalue weighted by molar-refractivity contribution is -0.113. The first kappa shape index (κ1) is 19.8. The SMILES string of the molecule is COc1ccc(NC(=O)C2=C(C)NC(=O)N[C@H]2c2ccc(Br)cc2)c(OC)c1. The summed E-state index contributed by atoms with van der Waals surface area (Å²) in [6.45, 7) is 1.70. The molecule has 0 unspecified atom stereocenters. The fourth-order valence-corrected chi connectivity index (χ4v) is 3.26. The van der Waals surface area contributed by atoms with Crippen molar-refractivity contribution < 1.29 is 19.1 Å². The molecule has 8 heteroatoms. The van der Waals surface area contributed by atoms with Crippen LogP contribution in [-0.4, -0.2) is 26.2 Å². The molecule has 0 aromatic heterocycles. The van der Waals surface area contributed by atoms with Crippen molar-refractivity contribution in [2.45, 2.75) is 13.0 Å². The molecule has 146 valence electrons. The standard InChI is InChI=1S/C20H20BrN3O4/c1-11-17(18(24-20(26)22-11)12-4-6-13(21)7-5-12)19(25)23-15-9-8-14(27-2)10-16(15)28-3/h4-10,18H,1-3H3,(H,23,25)(H2,22,24,26)/t18-/m0/s1. The van der Waals surface area contributed by atoms with E-state index in [4.69, 9.17) is 9.47 Å². The lowest BCUT2D eigenvalue weighted by atomic mass is 9.95. The van der Waals surface area contributed by atoms with Gasteiger partial charge in [0.2, 0.25) is 0 Å². The van der Waals surface area contributed by atoms with Gasteiger partial charge < -0.3 is 25.4 Å². The topological polar surface area (TPSA) is 88.7 Å². The number of carbonyl (C=O) groups is 2. The van der Waals surface area contributed by atoms with Crippen LogP contribution in [0.5, 0.6) is 11.5 Å². The van der Waals surface area contributed by atoms with Crippen LogP contribution < -0.4 is 25.4 Å². The zero-order chi connectivity index (χ0) is 20.3. The highest BCUT2D eigenvalue weighted by Gasteiger charge is 2.31. The summed E-state index contributed by atoms with van der Waals surface area (Å²) in [6.07, 6.45) is 0. The Morgan fingerprint density at radius 3 is 2.46 bits per heavy atom. The average molecular weight is 446 g/mol. The van der Waals surface area contributed by atoms with Crippen LogP contribution in [0.1, 0.15) is 18.5 Å². The Bertz CT molecular complexity index is 941. The third kappa shape index (κ3) is 4.12. The number of anilines is 1. The molecule has 0 fully saturated rings. The molecular weight excluding hydrogens is 426 g/mol. The summed E-state index contributed by atoms with van der Waals surface area (Å²) in [5.74, 6) is 0.741. The van der Waals surface area contributed by atoms with Gasteiger partial charge in [-0.15, -0.1) is 0 Å². The van der Waals surface area contributed by atoms with Gasteiger partial charge in [-0.2, -0.15) is 0 Å². The van der Waals surface area contributed by atoms with Gasteiger partial charge in [0.1, 0.15) is 11.5 Å². The number of nitrogens with one attached hydrogen (secondary N) is 3. The molecule has 2 aromatic rings. The van der Waals surface area contributed by atoms with E-state index in [9.17, 15) is 9.59 Å². The van der Waals surface area contributed by atoms with Crippen LogP contribution in [0, 0.1) is 0 Å². The van der Waals surface area contributed by atoms with Crippen LogP contribution in [-0.2, 0) is 4.79 Å². The molecule has 7 nitrogen and oxygen atoms in total. The van der Waals surface area contributed by atoms with Crippen molar-refractivity contribution in [1.29, 1.82) is 0 Å². The summed E-state index contributed by atoms with van der Waals surface area (Å²) in [5, 5.41) is 8.33. The predicted octanol–water partition coefficient (Wildman–Crippen LogP) is 3.73. The van der Waals surface area contributed by atoms with E-state index in [0.29, 0.717) is 28.5 Å². The highest BCUT2D eigenvalue weighted by Crippen LogP contribution is 2.32. The first-order valence-corrected chi connectivity index (χ1v) is 9.29. The smallest absolute Gasteiger partial charge is 0.319 e. The number of ether oxygens (including phenoxy) is 2. The fraction of sp³-hybridized carbons (Fsp3) is 0.200. The van der Waals surface area contributed by atoms with Gasteiger partial charge in [-0.25, -0.2) is 4.79 Å². The van der Waals surface area contributed by atoms with E-state index in [1.54, 1.807) is 32.2 Å². The third-order valence-electron chi connectivity index (χ3n) is 4.37. The number of benzene rings is 2. The maximum atomic E-state index is 13.1. The largest absolute Gasteiger partial charge is 0.497 e. The van der Waals surface area contributed by atoms with Gasteiger partial charge in [0, 0.05) is 16.2 Å². The molecule has 2 aromatic carbocycles. The van der Waals surface area contributed by atoms with E-state index in [0.717, 1.165) is 10.0 Å². The molecule has 0 saturated carbocycles. The Labute approximate surface area is 171 Å². The van der Waals surface area contributed by atoms with Crippen molar-refractivity contribution in [3.05, 3.63) is 63.8 Å². The molecule has 3 amide bonds. The maximum Gasteiger partial charge on any atom is 0.319 e. The first-order chi connectivity index (χ1) is 13.4. The van der Waals surface area contributed by atoms with Crippen LogP contribution in [0.2, 0.25) is 0 Å². The van der Waals surface area contributed by atoms with Crippen molar-refractivity contribution in [3.8, 4) is 11.5 Å². The van der Waals surface area contributed by atoms with Gasteiger partial charge in [0.15, 0.2) is 0 Å². The number of urea groups is 1. The van der Waals surface area contributed by atoms with Gasteiger partial charge in [-0.3, -0.25) is 4.79 Å². The Morgan fingerprint density at radius 1 is 1.11 bits per heavy atom. The van der Waals surface area contributed by atoms with Crippen LogP contribution in [0.25, 0.3) is 0 Å². The number of carbonyl (C=O) groups excluding carboxylic acids is 2. The van der Waals surface area contributed by atoms with E-state index in [1.807, 2.05) is 24.3 Å². The van der Waals surface area contributed by atoms with Crippen molar-refractivity contribution >= 4 is 33.6 Å². The van der Waals surface area contributed by atoms with Gasteiger partial charge in [-0.1, -0.05) is 28.1 Å². The van der Waals surface area contributed by atoms with E-state index in [2.05, 4.69) is 31.9 Å². The summed E-state index contributed by atoms with van der Waals surface area (Å²) in [4.78, 5) is 25.1. The molecule has 0 spiro atoms. The van der Waals surface area contributed by atoms with Crippen LogP contribution >= 0.6 is 15.9 Å². The Morgan fingerprint density at radius 2 is 1.82 bits per heavy atom. The molecule has 1 atom stereocenters. The normalized spacial score (nSPS) is 16.1. The maximum absolute atomic E-state index is 13.1. The lowest BCUT2D eigenvalue weighted by Crippen LogP contribution is -2.45. The minimum atomic E-state index is -0.578. The van der Waals surface area contributed by atoms with Crippen LogP contribution in [0.15, 0.2) is 58.2 Å². The second kappa shape index (κ2) is 8.35. The summed E-state index contributed by atoms with van der Waals surface area (Å²) in [6, 6.07) is 11.6. The second-order valence-corrected chi connectivity index (χ2v) is 7.06. The van der Waals surface area contributed by atoms with E-state index < -0.39 is 6.04 Å². The highest BCUT2D eigenvalue weighted by molar-refractivity contribution is 9.10. The minimum absolute atomic E-state index is 0.346. The number of hydrogen-bond donors (Lipinski definition) is 3. The summed E-state index contributed by atoms with van der Waals surface area (Å²) in [7, 11) is 3.07. The molecular formula is C20H20BrN3O4. The third-order valence-corrected chi connectivity index (χ3v) is 4.90. The number of rotatable bonds is 5. The van der Waals surface area contributed by atoms with Crippen LogP contribution in [0.3, 0.4) is 0 Å². The molecule has 1 heterocycles. The minimum Gasteiger partial charge on any atom is -0.497 e. The Kier molecular flexibility index (Phi) is 5.89. The van der Waals surface area contributed by atoms with Crippen molar-refractivity contribution in [2.75, 3.05) is 19.5 Å². The predicted molar refractivity (Wildman–Crippen MR) is 109 cm³/mol. The number of amides is 3. The first-order valence-electron chi connectivity index (χ1n) is 8.50. The van der Waals surface area contributed by atoms with Gasteiger partial charge in [0.05, 0.1) is 31.5 Å². The molecule has 0 radical (unpaired) electrons. The van der Waals surface area contributed by atoms with E-state index in [1.165, 1.54) is 7.11 Å². The van der Waals surface area contributed by atoms with Crippen molar-refractivity contribution in [2.24, 2.45) is 0 Å². The molecule has 0 aliphatic carbocycles. The molecule has 1 aliphatic heterocycles. The summed E-state index contributed by atoms with van der Waals surface area (Å²) >= 11 is 3.39. The number of halogens is 1. The van der Waals surface area contributed by atoms with Crippen molar-refractivity contribution in [3.63, 3.8) is 0 Å². The number of hydrogen-bond acceptors (Lipinski definition) is 4. The summed E-state index contributed by atoms with van der Waals surface area (Å²) < 4.78 is 11.4. The number of methoxy groups -OCH3 is 2. The van der Waals surface area contributed by atoms with E-state index >= 15 is 0 Å². The van der Waals surface area contributed by atoms with Crippen LogP contribution in [0.4, 0.5) is 10.5 Å². The van der Waals surface area contributed by atoms with Gasteiger partial charge >= 0.3 is 6.03 Å². The second-order valence-electron chi connectivity index (χ2n) is 6.14. The van der Waals surface area contributed by atoms with E-state index in [-0.39, 0.29) is 11.9 Å². The molecule has 3 N–H and O–H groups in total. The quantitative estimate of drug-likeness (QED) is 0.653. The van der Waals surface area contributed by atoms with Gasteiger partial charge in [-0.05, 0) is 36.8 Å². The molecule has 28 heavy (non-hydrogen) atoms. The zero-order valence-corrected chi connectivity index (χ0v) is 17.2. The Hall–Kier alpha value is -3.00. The molecule has 0 saturated heterocycles. The Balaban J connectivity index is 1.94. The number of allylic oxidation sites excluding steroid dienone is 1. The highest BCUT2D eigenvalue weighted by atomic mass is 79.9.